The monoisotopic (exact) mass is 215 g/mol. The van der Waals surface area contributed by atoms with Crippen LogP contribution in [0.5, 0.6) is 0 Å². The lowest BCUT2D eigenvalue weighted by Gasteiger charge is -2.09. The molecular formula is C13H17N3. The first-order valence-electron chi connectivity index (χ1n) is 5.45. The molecule has 0 saturated carbocycles. The Kier molecular flexibility index (Phi) is 2.79. The number of nitrogens with zero attached hydrogens (tertiary/aromatic N) is 2. The highest BCUT2D eigenvalue weighted by molar-refractivity contribution is 5.44. The van der Waals surface area contributed by atoms with Gasteiger partial charge in [-0.3, -0.25) is 0 Å². The van der Waals surface area contributed by atoms with Gasteiger partial charge in [0.1, 0.15) is 0 Å². The molecule has 0 aliphatic heterocycles. The van der Waals surface area contributed by atoms with E-state index in [1.165, 1.54) is 5.56 Å². The molecule has 0 bridgehead atoms. The van der Waals surface area contributed by atoms with Crippen molar-refractivity contribution in [1.29, 1.82) is 0 Å². The van der Waals surface area contributed by atoms with Crippen LogP contribution in [0, 0.1) is 20.8 Å². The van der Waals surface area contributed by atoms with E-state index in [1.807, 2.05) is 11.6 Å². The second-order valence-corrected chi connectivity index (χ2v) is 4.16. The molecule has 0 aliphatic rings. The summed E-state index contributed by atoms with van der Waals surface area (Å²) in [5, 5.41) is 4.49. The molecule has 84 valence electrons. The molecule has 2 aromatic rings. The van der Waals surface area contributed by atoms with Crippen LogP contribution in [0.15, 0.2) is 24.3 Å². The van der Waals surface area contributed by atoms with E-state index in [4.69, 9.17) is 5.73 Å². The lowest BCUT2D eigenvalue weighted by atomic mass is 10.1. The van der Waals surface area contributed by atoms with Gasteiger partial charge in [-0.05, 0) is 44.0 Å². The highest BCUT2D eigenvalue weighted by Crippen LogP contribution is 2.18. The maximum absolute atomic E-state index is 5.66. The van der Waals surface area contributed by atoms with E-state index in [9.17, 15) is 0 Å². The van der Waals surface area contributed by atoms with Crippen LogP contribution < -0.4 is 5.73 Å². The third-order valence-corrected chi connectivity index (χ3v) is 2.75. The van der Waals surface area contributed by atoms with Gasteiger partial charge >= 0.3 is 0 Å². The van der Waals surface area contributed by atoms with Crippen LogP contribution >= 0.6 is 0 Å². The summed E-state index contributed by atoms with van der Waals surface area (Å²) in [6.45, 7) is 6.72. The normalized spacial score (nSPS) is 10.8. The van der Waals surface area contributed by atoms with Gasteiger partial charge < -0.3 is 5.73 Å². The van der Waals surface area contributed by atoms with Crippen molar-refractivity contribution in [2.75, 3.05) is 0 Å². The number of rotatable bonds is 2. The Hall–Kier alpha value is -1.61. The van der Waals surface area contributed by atoms with Gasteiger partial charge in [0, 0.05) is 12.2 Å². The predicted molar refractivity (Wildman–Crippen MR) is 65.7 cm³/mol. The molecule has 1 aromatic carbocycles. The molecule has 0 spiro atoms. The minimum atomic E-state index is 0.562. The molecular weight excluding hydrogens is 198 g/mol. The van der Waals surface area contributed by atoms with Gasteiger partial charge in [0.05, 0.1) is 11.4 Å². The Morgan fingerprint density at radius 1 is 1.19 bits per heavy atom. The van der Waals surface area contributed by atoms with E-state index in [0.29, 0.717) is 6.54 Å². The van der Waals surface area contributed by atoms with E-state index in [2.05, 4.69) is 43.2 Å². The Morgan fingerprint density at radius 2 is 1.94 bits per heavy atom. The van der Waals surface area contributed by atoms with Crippen molar-refractivity contribution in [3.63, 3.8) is 0 Å². The summed E-state index contributed by atoms with van der Waals surface area (Å²) in [6, 6.07) is 8.34. The Bertz CT molecular complexity index is 512. The van der Waals surface area contributed by atoms with Crippen molar-refractivity contribution in [2.45, 2.75) is 27.3 Å². The van der Waals surface area contributed by atoms with Gasteiger partial charge in [0.2, 0.25) is 0 Å². The minimum Gasteiger partial charge on any atom is -0.326 e. The molecule has 16 heavy (non-hydrogen) atoms. The second kappa shape index (κ2) is 4.10. The molecule has 3 nitrogen and oxygen atoms in total. The molecule has 2 rings (SSSR count). The fraction of sp³-hybridized carbons (Fsp3) is 0.308. The lowest BCUT2D eigenvalue weighted by molar-refractivity contribution is 0.824. The third kappa shape index (κ3) is 1.86. The number of aryl methyl sites for hydroxylation is 3. The zero-order valence-corrected chi connectivity index (χ0v) is 9.99. The van der Waals surface area contributed by atoms with Crippen LogP contribution in [0.25, 0.3) is 5.69 Å². The maximum atomic E-state index is 5.66. The van der Waals surface area contributed by atoms with Gasteiger partial charge in [-0.1, -0.05) is 12.1 Å². The molecule has 0 amide bonds. The van der Waals surface area contributed by atoms with Crippen molar-refractivity contribution in [3.8, 4) is 5.69 Å². The highest BCUT2D eigenvalue weighted by Gasteiger charge is 2.06. The molecule has 0 saturated heterocycles. The zero-order chi connectivity index (χ0) is 11.7. The quantitative estimate of drug-likeness (QED) is 0.835. The van der Waals surface area contributed by atoms with Crippen LogP contribution in [-0.4, -0.2) is 9.78 Å². The Labute approximate surface area is 95.9 Å². The average Bonchev–Trinajstić information content (AvgIpc) is 2.58. The number of benzene rings is 1. The molecule has 3 heteroatoms. The van der Waals surface area contributed by atoms with Crippen LogP contribution in [0.1, 0.15) is 22.5 Å². The van der Waals surface area contributed by atoms with E-state index in [0.717, 1.165) is 22.6 Å². The van der Waals surface area contributed by atoms with Crippen molar-refractivity contribution < 1.29 is 0 Å². The maximum Gasteiger partial charge on any atom is 0.0681 e. The third-order valence-electron chi connectivity index (χ3n) is 2.75. The lowest BCUT2D eigenvalue weighted by Crippen LogP contribution is -2.04. The van der Waals surface area contributed by atoms with Crippen LogP contribution in [0.3, 0.4) is 0 Å². The smallest absolute Gasteiger partial charge is 0.0681 e. The molecule has 0 unspecified atom stereocenters. The number of hydrogen-bond donors (Lipinski definition) is 1. The second-order valence-electron chi connectivity index (χ2n) is 4.16. The largest absolute Gasteiger partial charge is 0.326 e. The topological polar surface area (TPSA) is 43.8 Å². The molecule has 0 atom stereocenters. The molecule has 0 radical (unpaired) electrons. The van der Waals surface area contributed by atoms with Crippen molar-refractivity contribution in [1.82, 2.24) is 9.78 Å². The van der Waals surface area contributed by atoms with Gasteiger partial charge in [-0.2, -0.15) is 5.10 Å². The summed E-state index contributed by atoms with van der Waals surface area (Å²) in [5.74, 6) is 0. The van der Waals surface area contributed by atoms with Crippen molar-refractivity contribution in [3.05, 3.63) is 46.8 Å². The van der Waals surface area contributed by atoms with E-state index in [-0.39, 0.29) is 0 Å². The zero-order valence-electron chi connectivity index (χ0n) is 9.99. The van der Waals surface area contributed by atoms with Crippen LogP contribution in [0.2, 0.25) is 0 Å². The Balaban J connectivity index is 2.58. The van der Waals surface area contributed by atoms with E-state index in [1.54, 1.807) is 0 Å². The fourth-order valence-corrected chi connectivity index (χ4v) is 1.88. The first-order chi connectivity index (χ1) is 7.61. The fourth-order valence-electron chi connectivity index (χ4n) is 1.88. The molecule has 1 aromatic heterocycles. The standard InChI is InChI=1S/C13H17N3/c1-9-4-5-12(8-14)7-13(9)16-11(3)6-10(2)15-16/h4-7H,8,14H2,1-3H3. The SMILES string of the molecule is Cc1cc(C)n(-c2cc(CN)ccc2C)n1. The first-order valence-corrected chi connectivity index (χ1v) is 5.45. The highest BCUT2D eigenvalue weighted by atomic mass is 15.3. The first kappa shape index (κ1) is 10.9. The van der Waals surface area contributed by atoms with Gasteiger partial charge in [0.25, 0.3) is 0 Å². The number of nitrogens with two attached hydrogens (primary N) is 1. The molecule has 0 aliphatic carbocycles. The summed E-state index contributed by atoms with van der Waals surface area (Å²) < 4.78 is 1.98. The van der Waals surface area contributed by atoms with Crippen molar-refractivity contribution in [2.24, 2.45) is 5.73 Å². The number of hydrogen-bond acceptors (Lipinski definition) is 2. The van der Waals surface area contributed by atoms with Gasteiger partial charge in [-0.15, -0.1) is 0 Å². The summed E-state index contributed by atoms with van der Waals surface area (Å²) in [5.41, 5.74) is 11.3. The number of aromatic nitrogens is 2. The van der Waals surface area contributed by atoms with Crippen LogP contribution in [0.4, 0.5) is 0 Å². The molecule has 0 fully saturated rings. The van der Waals surface area contributed by atoms with Crippen LogP contribution in [-0.2, 0) is 6.54 Å². The average molecular weight is 215 g/mol. The molecule has 1 heterocycles. The summed E-state index contributed by atoms with van der Waals surface area (Å²) in [6.07, 6.45) is 0. The Morgan fingerprint density at radius 3 is 2.50 bits per heavy atom. The van der Waals surface area contributed by atoms with Gasteiger partial charge in [0.15, 0.2) is 0 Å². The molecule has 2 N–H and O–H groups in total. The van der Waals surface area contributed by atoms with Gasteiger partial charge in [-0.25, -0.2) is 4.68 Å². The van der Waals surface area contributed by atoms with E-state index < -0.39 is 0 Å². The van der Waals surface area contributed by atoms with Crippen molar-refractivity contribution >= 4 is 0 Å². The van der Waals surface area contributed by atoms with E-state index >= 15 is 0 Å². The summed E-state index contributed by atoms with van der Waals surface area (Å²) in [4.78, 5) is 0. The predicted octanol–water partition coefficient (Wildman–Crippen LogP) is 2.26. The minimum absolute atomic E-state index is 0.562. The summed E-state index contributed by atoms with van der Waals surface area (Å²) in [7, 11) is 0. The summed E-state index contributed by atoms with van der Waals surface area (Å²) >= 11 is 0.